The van der Waals surface area contributed by atoms with Crippen molar-refractivity contribution in [2.24, 2.45) is 4.99 Å². The number of carbonyl (C=O) groups excluding carboxylic acids is 1. The molecule has 0 saturated carbocycles. The number of isocyanates is 1. The highest BCUT2D eigenvalue weighted by molar-refractivity contribution is 6.35. The van der Waals surface area contributed by atoms with Crippen LogP contribution in [0.3, 0.4) is 0 Å². The summed E-state index contributed by atoms with van der Waals surface area (Å²) in [5.74, 6) is -0.581. The van der Waals surface area contributed by atoms with Gasteiger partial charge < -0.3 is 0 Å². The molecule has 0 unspecified atom stereocenters. The maximum atomic E-state index is 12.9. The lowest BCUT2D eigenvalue weighted by Gasteiger charge is -2.01. The number of halogens is 3. The van der Waals surface area contributed by atoms with E-state index in [0.717, 1.165) is 6.07 Å². The van der Waals surface area contributed by atoms with E-state index in [9.17, 15) is 9.18 Å². The molecule has 13 heavy (non-hydrogen) atoms. The van der Waals surface area contributed by atoms with Crippen molar-refractivity contribution in [3.8, 4) is 0 Å². The Labute approximate surface area is 84.0 Å². The van der Waals surface area contributed by atoms with Crippen LogP contribution in [-0.2, 0) is 11.3 Å². The van der Waals surface area contributed by atoms with Crippen LogP contribution in [0.25, 0.3) is 0 Å². The van der Waals surface area contributed by atoms with Crippen molar-refractivity contribution in [1.82, 2.24) is 0 Å². The first-order chi connectivity index (χ1) is 6.15. The first-order valence-corrected chi connectivity index (χ1v) is 4.08. The van der Waals surface area contributed by atoms with E-state index >= 15 is 0 Å². The summed E-state index contributed by atoms with van der Waals surface area (Å²) < 4.78 is 12.9. The van der Waals surface area contributed by atoms with E-state index in [0.29, 0.717) is 5.56 Å². The topological polar surface area (TPSA) is 29.4 Å². The molecule has 68 valence electrons. The van der Waals surface area contributed by atoms with Crippen molar-refractivity contribution >= 4 is 29.3 Å². The van der Waals surface area contributed by atoms with Crippen LogP contribution in [0, 0.1) is 5.82 Å². The normalized spacial score (nSPS) is 9.46. The molecule has 0 spiro atoms. The predicted molar refractivity (Wildman–Crippen MR) is 48.2 cm³/mol. The van der Waals surface area contributed by atoms with Gasteiger partial charge in [0.2, 0.25) is 6.08 Å². The maximum Gasteiger partial charge on any atom is 0.235 e. The summed E-state index contributed by atoms with van der Waals surface area (Å²) in [4.78, 5) is 13.1. The Kier molecular flexibility index (Phi) is 3.43. The van der Waals surface area contributed by atoms with Gasteiger partial charge in [-0.1, -0.05) is 23.2 Å². The largest absolute Gasteiger partial charge is 0.235 e. The quantitative estimate of drug-likeness (QED) is 0.428. The molecule has 0 bridgehead atoms. The number of nitrogens with zero attached hydrogens (tertiary/aromatic N) is 1. The van der Waals surface area contributed by atoms with E-state index in [1.54, 1.807) is 0 Å². The second-order valence-electron chi connectivity index (χ2n) is 2.27. The van der Waals surface area contributed by atoms with Crippen molar-refractivity contribution in [3.05, 3.63) is 33.6 Å². The van der Waals surface area contributed by atoms with Gasteiger partial charge >= 0.3 is 0 Å². The van der Waals surface area contributed by atoms with Gasteiger partial charge in [-0.05, 0) is 17.7 Å². The number of hydrogen-bond donors (Lipinski definition) is 0. The molecule has 0 radical (unpaired) electrons. The standard InChI is InChI=1S/C8H4Cl2FNO/c9-6-2-7(10)8(11)1-5(6)3-12-4-13/h1-2H,3H2. The van der Waals surface area contributed by atoms with Crippen LogP contribution in [-0.4, -0.2) is 6.08 Å². The second-order valence-corrected chi connectivity index (χ2v) is 3.08. The summed E-state index contributed by atoms with van der Waals surface area (Å²) in [6.45, 7) is 0.0103. The SMILES string of the molecule is O=C=NCc1cc(F)c(Cl)cc1Cl. The van der Waals surface area contributed by atoms with Crippen LogP contribution in [0.1, 0.15) is 5.56 Å². The van der Waals surface area contributed by atoms with Gasteiger partial charge in [-0.3, -0.25) is 0 Å². The third-order valence-corrected chi connectivity index (χ3v) is 2.04. The third kappa shape index (κ3) is 2.52. The van der Waals surface area contributed by atoms with Gasteiger partial charge in [-0.25, -0.2) is 14.2 Å². The molecule has 0 aromatic heterocycles. The zero-order valence-electron chi connectivity index (χ0n) is 6.35. The summed E-state index contributed by atoms with van der Waals surface area (Å²) >= 11 is 11.1. The Morgan fingerprint density at radius 1 is 1.38 bits per heavy atom. The summed E-state index contributed by atoms with van der Waals surface area (Å²) in [7, 11) is 0. The number of benzene rings is 1. The van der Waals surface area contributed by atoms with E-state index < -0.39 is 5.82 Å². The lowest BCUT2D eigenvalue weighted by molar-refractivity contribution is 0.562. The maximum absolute atomic E-state index is 12.9. The highest BCUT2D eigenvalue weighted by atomic mass is 35.5. The number of hydrogen-bond acceptors (Lipinski definition) is 2. The molecule has 1 aromatic carbocycles. The molecule has 2 nitrogen and oxygen atoms in total. The fourth-order valence-electron chi connectivity index (χ4n) is 0.802. The Hall–Kier alpha value is -0.890. The van der Waals surface area contributed by atoms with Crippen molar-refractivity contribution in [2.45, 2.75) is 6.54 Å². The highest BCUT2D eigenvalue weighted by Crippen LogP contribution is 2.24. The smallest absolute Gasteiger partial charge is 0.211 e. The van der Waals surface area contributed by atoms with Crippen molar-refractivity contribution < 1.29 is 9.18 Å². The van der Waals surface area contributed by atoms with E-state index in [-0.39, 0.29) is 16.6 Å². The molecule has 1 aromatic rings. The van der Waals surface area contributed by atoms with Gasteiger partial charge in [0, 0.05) is 5.02 Å². The van der Waals surface area contributed by atoms with Gasteiger partial charge in [0.1, 0.15) is 5.82 Å². The lowest BCUT2D eigenvalue weighted by Crippen LogP contribution is -1.86. The number of aliphatic imine (C=N–C) groups is 1. The molecule has 5 heteroatoms. The minimum atomic E-state index is -0.581. The van der Waals surface area contributed by atoms with Gasteiger partial charge in [0.15, 0.2) is 0 Å². The summed E-state index contributed by atoms with van der Waals surface area (Å²) in [5.41, 5.74) is 0.409. The molecule has 0 N–H and O–H groups in total. The van der Waals surface area contributed by atoms with Gasteiger partial charge in [-0.2, -0.15) is 0 Å². The Balaban J connectivity index is 3.07. The van der Waals surface area contributed by atoms with E-state index in [4.69, 9.17) is 23.2 Å². The van der Waals surface area contributed by atoms with E-state index in [1.807, 2.05) is 0 Å². The zero-order chi connectivity index (χ0) is 9.84. The van der Waals surface area contributed by atoms with Crippen LogP contribution in [0.5, 0.6) is 0 Å². The van der Waals surface area contributed by atoms with Crippen LogP contribution in [0.4, 0.5) is 4.39 Å². The molecule has 0 atom stereocenters. The minimum absolute atomic E-state index is 0.0103. The Bertz CT molecular complexity index is 375. The van der Waals surface area contributed by atoms with Crippen molar-refractivity contribution in [2.75, 3.05) is 0 Å². The first kappa shape index (κ1) is 10.2. The van der Waals surface area contributed by atoms with Crippen molar-refractivity contribution in [1.29, 1.82) is 0 Å². The molecular formula is C8H4Cl2FNO. The van der Waals surface area contributed by atoms with Crippen LogP contribution in [0.15, 0.2) is 17.1 Å². The monoisotopic (exact) mass is 219 g/mol. The molecule has 0 aliphatic rings. The third-order valence-electron chi connectivity index (χ3n) is 1.40. The summed E-state index contributed by atoms with van der Waals surface area (Å²) in [5, 5.41) is 0.231. The molecule has 0 amide bonds. The zero-order valence-corrected chi connectivity index (χ0v) is 7.86. The molecule has 0 aliphatic heterocycles. The average molecular weight is 220 g/mol. The number of rotatable bonds is 2. The van der Waals surface area contributed by atoms with Crippen LogP contribution >= 0.6 is 23.2 Å². The van der Waals surface area contributed by atoms with Crippen LogP contribution in [0.2, 0.25) is 10.0 Å². The molecule has 1 rings (SSSR count). The Morgan fingerprint density at radius 3 is 2.69 bits per heavy atom. The second kappa shape index (κ2) is 4.38. The molecule has 0 heterocycles. The summed E-state index contributed by atoms with van der Waals surface area (Å²) in [6, 6.07) is 2.42. The average Bonchev–Trinajstić information content (AvgIpc) is 2.09. The van der Waals surface area contributed by atoms with Gasteiger partial charge in [0.05, 0.1) is 11.6 Å². The summed E-state index contributed by atoms with van der Waals surface area (Å²) in [6.07, 6.45) is 1.34. The molecular weight excluding hydrogens is 216 g/mol. The fourth-order valence-corrected chi connectivity index (χ4v) is 1.25. The molecule has 0 fully saturated rings. The molecule has 0 saturated heterocycles. The lowest BCUT2D eigenvalue weighted by atomic mass is 10.2. The Morgan fingerprint density at radius 2 is 2.08 bits per heavy atom. The first-order valence-electron chi connectivity index (χ1n) is 3.32. The van der Waals surface area contributed by atoms with E-state index in [2.05, 4.69) is 4.99 Å². The fraction of sp³-hybridized carbons (Fsp3) is 0.125. The highest BCUT2D eigenvalue weighted by Gasteiger charge is 2.05. The van der Waals surface area contributed by atoms with Crippen molar-refractivity contribution in [3.63, 3.8) is 0 Å². The van der Waals surface area contributed by atoms with Gasteiger partial charge in [-0.15, -0.1) is 0 Å². The molecule has 0 aliphatic carbocycles. The minimum Gasteiger partial charge on any atom is -0.211 e. The van der Waals surface area contributed by atoms with Crippen LogP contribution < -0.4 is 0 Å². The van der Waals surface area contributed by atoms with E-state index in [1.165, 1.54) is 12.1 Å². The van der Waals surface area contributed by atoms with Gasteiger partial charge in [0.25, 0.3) is 0 Å². The predicted octanol–water partition coefficient (Wildman–Crippen LogP) is 2.97.